The molecule has 0 aliphatic carbocycles. The number of aromatic carboxylic acids is 1. The molecule has 1 aromatic carbocycles. The first-order chi connectivity index (χ1) is 9.52. The van der Waals surface area contributed by atoms with Crippen LogP contribution in [0, 0.1) is 6.92 Å². The van der Waals surface area contributed by atoms with Crippen LogP contribution in [0.25, 0.3) is 0 Å². The van der Waals surface area contributed by atoms with Crippen molar-refractivity contribution in [2.24, 2.45) is 0 Å². The fourth-order valence-electron chi connectivity index (χ4n) is 1.80. The van der Waals surface area contributed by atoms with Crippen LogP contribution in [0.15, 0.2) is 24.3 Å². The van der Waals surface area contributed by atoms with E-state index in [0.717, 1.165) is 16.9 Å². The predicted octanol–water partition coefficient (Wildman–Crippen LogP) is 2.96. The molecule has 0 aliphatic rings. The number of amides is 1. The number of carbonyl (C=O) groups excluding carboxylic acids is 1. The lowest BCUT2D eigenvalue weighted by atomic mass is 10.1. The number of carboxylic acids is 1. The van der Waals surface area contributed by atoms with E-state index in [1.807, 2.05) is 26.0 Å². The molecule has 0 saturated heterocycles. The summed E-state index contributed by atoms with van der Waals surface area (Å²) >= 11 is 0.978. The minimum absolute atomic E-state index is 0.174. The third-order valence-electron chi connectivity index (χ3n) is 2.84. The molecule has 5 nitrogen and oxygen atoms in total. The van der Waals surface area contributed by atoms with Crippen molar-refractivity contribution in [3.8, 4) is 0 Å². The molecular weight excluding hydrogens is 276 g/mol. The van der Waals surface area contributed by atoms with E-state index >= 15 is 0 Å². The molecule has 2 aromatic rings. The Bertz CT molecular complexity index is 664. The Kier molecular flexibility index (Phi) is 4.14. The van der Waals surface area contributed by atoms with Gasteiger partial charge in [-0.3, -0.25) is 10.1 Å². The van der Waals surface area contributed by atoms with E-state index in [2.05, 4.69) is 10.3 Å². The molecule has 0 saturated carbocycles. The second-order valence-corrected chi connectivity index (χ2v) is 5.22. The van der Waals surface area contributed by atoms with Crippen LogP contribution in [0.1, 0.15) is 38.2 Å². The molecule has 0 bridgehead atoms. The lowest BCUT2D eigenvalue weighted by Crippen LogP contribution is -2.13. The topological polar surface area (TPSA) is 79.3 Å². The van der Waals surface area contributed by atoms with Gasteiger partial charge in [-0.1, -0.05) is 36.5 Å². The number of nitrogens with zero attached hydrogens (tertiary/aromatic N) is 1. The van der Waals surface area contributed by atoms with Crippen molar-refractivity contribution in [2.75, 3.05) is 5.32 Å². The highest BCUT2D eigenvalue weighted by Gasteiger charge is 2.18. The Morgan fingerprint density at radius 2 is 2.05 bits per heavy atom. The quantitative estimate of drug-likeness (QED) is 0.907. The van der Waals surface area contributed by atoms with Crippen LogP contribution in [0.3, 0.4) is 0 Å². The summed E-state index contributed by atoms with van der Waals surface area (Å²) in [6.07, 6.45) is 0.512. The second-order valence-electron chi connectivity index (χ2n) is 4.22. The zero-order valence-corrected chi connectivity index (χ0v) is 12.0. The summed E-state index contributed by atoms with van der Waals surface area (Å²) in [5, 5.41) is 12.0. The Morgan fingerprint density at radius 1 is 1.35 bits per heavy atom. The monoisotopic (exact) mass is 290 g/mol. The van der Waals surface area contributed by atoms with Crippen LogP contribution in [0.5, 0.6) is 0 Å². The zero-order valence-electron chi connectivity index (χ0n) is 11.1. The summed E-state index contributed by atoms with van der Waals surface area (Å²) in [6, 6.07) is 7.20. The fourth-order valence-corrected chi connectivity index (χ4v) is 2.69. The molecule has 6 heteroatoms. The van der Waals surface area contributed by atoms with Crippen molar-refractivity contribution in [1.29, 1.82) is 0 Å². The SMILES string of the molecule is CCc1nc(NC(=O)c2ccccc2C)sc1C(=O)O. The number of rotatable bonds is 4. The Balaban J connectivity index is 2.25. The number of carbonyl (C=O) groups is 2. The minimum Gasteiger partial charge on any atom is -0.477 e. The van der Waals surface area contributed by atoms with Crippen molar-refractivity contribution in [3.05, 3.63) is 46.0 Å². The molecule has 1 amide bonds. The summed E-state index contributed by atoms with van der Waals surface area (Å²) in [6.45, 7) is 3.67. The van der Waals surface area contributed by atoms with Gasteiger partial charge < -0.3 is 5.11 Å². The van der Waals surface area contributed by atoms with Crippen molar-refractivity contribution in [3.63, 3.8) is 0 Å². The minimum atomic E-state index is -1.02. The number of aromatic nitrogens is 1. The van der Waals surface area contributed by atoms with Gasteiger partial charge in [0.25, 0.3) is 5.91 Å². The molecule has 0 aliphatic heterocycles. The number of aryl methyl sites for hydroxylation is 2. The van der Waals surface area contributed by atoms with Gasteiger partial charge in [0.05, 0.1) is 5.69 Å². The van der Waals surface area contributed by atoms with Crippen LogP contribution >= 0.6 is 11.3 Å². The van der Waals surface area contributed by atoms with Gasteiger partial charge in [0.1, 0.15) is 4.88 Å². The molecule has 0 unspecified atom stereocenters. The third kappa shape index (κ3) is 2.85. The fraction of sp³-hybridized carbons (Fsp3) is 0.214. The van der Waals surface area contributed by atoms with Gasteiger partial charge >= 0.3 is 5.97 Å². The van der Waals surface area contributed by atoms with Crippen LogP contribution in [-0.2, 0) is 6.42 Å². The third-order valence-corrected chi connectivity index (χ3v) is 3.84. The normalized spacial score (nSPS) is 10.3. The Labute approximate surface area is 120 Å². The molecule has 0 fully saturated rings. The van der Waals surface area contributed by atoms with Gasteiger partial charge in [-0.05, 0) is 25.0 Å². The molecule has 20 heavy (non-hydrogen) atoms. The van der Waals surface area contributed by atoms with Crippen molar-refractivity contribution in [1.82, 2.24) is 4.98 Å². The van der Waals surface area contributed by atoms with Gasteiger partial charge in [-0.2, -0.15) is 0 Å². The molecule has 0 radical (unpaired) electrons. The van der Waals surface area contributed by atoms with Gasteiger partial charge in [-0.25, -0.2) is 9.78 Å². The van der Waals surface area contributed by atoms with Crippen LogP contribution < -0.4 is 5.32 Å². The summed E-state index contributed by atoms with van der Waals surface area (Å²) in [7, 11) is 0. The first-order valence-electron chi connectivity index (χ1n) is 6.13. The summed E-state index contributed by atoms with van der Waals surface area (Å²) < 4.78 is 0. The number of benzene rings is 1. The number of hydrogen-bond acceptors (Lipinski definition) is 4. The van der Waals surface area contributed by atoms with Crippen LogP contribution in [-0.4, -0.2) is 22.0 Å². The standard InChI is InChI=1S/C14H14N2O3S/c1-3-10-11(13(18)19)20-14(15-10)16-12(17)9-7-5-4-6-8(9)2/h4-7H,3H2,1-2H3,(H,18,19)(H,15,16,17). The van der Waals surface area contributed by atoms with Crippen LogP contribution in [0.4, 0.5) is 5.13 Å². The first kappa shape index (κ1) is 14.2. The van der Waals surface area contributed by atoms with E-state index in [1.54, 1.807) is 12.1 Å². The highest BCUT2D eigenvalue weighted by atomic mass is 32.1. The molecule has 2 rings (SSSR count). The van der Waals surface area contributed by atoms with Crippen molar-refractivity contribution < 1.29 is 14.7 Å². The number of carboxylic acid groups (broad SMARTS) is 1. The highest BCUT2D eigenvalue weighted by molar-refractivity contribution is 7.17. The van der Waals surface area contributed by atoms with Crippen molar-refractivity contribution in [2.45, 2.75) is 20.3 Å². The van der Waals surface area contributed by atoms with Gasteiger partial charge in [0.2, 0.25) is 0 Å². The van der Waals surface area contributed by atoms with E-state index in [4.69, 9.17) is 5.11 Å². The van der Waals surface area contributed by atoms with Gasteiger partial charge in [0.15, 0.2) is 5.13 Å². The average molecular weight is 290 g/mol. The lowest BCUT2D eigenvalue weighted by molar-refractivity contribution is 0.0700. The van der Waals surface area contributed by atoms with Gasteiger partial charge in [0, 0.05) is 5.56 Å². The highest BCUT2D eigenvalue weighted by Crippen LogP contribution is 2.24. The average Bonchev–Trinajstić information content (AvgIpc) is 2.82. The molecule has 0 spiro atoms. The van der Waals surface area contributed by atoms with E-state index in [0.29, 0.717) is 22.8 Å². The molecule has 1 aromatic heterocycles. The van der Waals surface area contributed by atoms with Crippen molar-refractivity contribution >= 4 is 28.3 Å². The van der Waals surface area contributed by atoms with E-state index in [9.17, 15) is 9.59 Å². The van der Waals surface area contributed by atoms with E-state index < -0.39 is 5.97 Å². The maximum absolute atomic E-state index is 12.1. The Hall–Kier alpha value is -2.21. The summed E-state index contributed by atoms with van der Waals surface area (Å²) in [5.74, 6) is -1.30. The van der Waals surface area contributed by atoms with Gasteiger partial charge in [-0.15, -0.1) is 0 Å². The molecule has 0 atom stereocenters. The largest absolute Gasteiger partial charge is 0.477 e. The smallest absolute Gasteiger partial charge is 0.347 e. The first-order valence-corrected chi connectivity index (χ1v) is 6.94. The molecular formula is C14H14N2O3S. The summed E-state index contributed by atoms with van der Waals surface area (Å²) in [4.78, 5) is 27.5. The van der Waals surface area contributed by atoms with E-state index in [-0.39, 0.29) is 10.8 Å². The molecule has 2 N–H and O–H groups in total. The van der Waals surface area contributed by atoms with Crippen LogP contribution in [0.2, 0.25) is 0 Å². The molecule has 104 valence electrons. The number of anilines is 1. The number of thiazole rings is 1. The summed E-state index contributed by atoms with van der Waals surface area (Å²) in [5.41, 5.74) is 1.90. The van der Waals surface area contributed by atoms with E-state index in [1.165, 1.54) is 0 Å². The predicted molar refractivity (Wildman–Crippen MR) is 77.6 cm³/mol. The maximum Gasteiger partial charge on any atom is 0.347 e. The number of hydrogen-bond donors (Lipinski definition) is 2. The second kappa shape index (κ2) is 5.83. The molecule has 1 heterocycles. The lowest BCUT2D eigenvalue weighted by Gasteiger charge is -2.04. The Morgan fingerprint density at radius 3 is 2.60 bits per heavy atom. The number of nitrogens with one attached hydrogen (secondary N) is 1. The maximum atomic E-state index is 12.1. The zero-order chi connectivity index (χ0) is 14.7.